The molecule has 0 radical (unpaired) electrons. The van der Waals surface area contributed by atoms with Gasteiger partial charge in [-0.05, 0) is 90.8 Å². The lowest BCUT2D eigenvalue weighted by atomic mass is 9.33. The number of rotatable bonds is 2. The highest BCUT2D eigenvalue weighted by Gasteiger charge is 2.70. The van der Waals surface area contributed by atoms with Crippen LogP contribution >= 0.6 is 0 Å². The van der Waals surface area contributed by atoms with Gasteiger partial charge < -0.3 is 15.3 Å². The van der Waals surface area contributed by atoms with E-state index in [9.17, 15) is 20.1 Å². The zero-order valence-corrected chi connectivity index (χ0v) is 22.4. The highest BCUT2D eigenvalue weighted by atomic mass is 16.3. The van der Waals surface area contributed by atoms with Gasteiger partial charge in [0.05, 0.1) is 24.7 Å². The van der Waals surface area contributed by atoms with E-state index in [2.05, 4.69) is 40.7 Å². The Balaban J connectivity index is 1.61. The molecular weight excluding hydrogens is 424 g/mol. The van der Waals surface area contributed by atoms with Crippen molar-refractivity contribution in [2.24, 2.45) is 50.2 Å². The number of aliphatic hydroxyl groups is 3. The molecule has 4 saturated carbocycles. The molecule has 4 fully saturated rings. The van der Waals surface area contributed by atoms with Gasteiger partial charge in [0.15, 0.2) is 0 Å². The van der Waals surface area contributed by atoms with E-state index in [0.29, 0.717) is 12.3 Å². The monoisotopic (exact) mass is 472 g/mol. The van der Waals surface area contributed by atoms with E-state index >= 15 is 0 Å². The summed E-state index contributed by atoms with van der Waals surface area (Å²) >= 11 is 0. The van der Waals surface area contributed by atoms with Crippen LogP contribution in [0.2, 0.25) is 0 Å². The molecule has 4 heteroatoms. The maximum absolute atomic E-state index is 13.0. The van der Waals surface area contributed by atoms with Gasteiger partial charge in [-0.3, -0.25) is 4.79 Å². The zero-order chi connectivity index (χ0) is 24.9. The number of ketones is 1. The molecule has 0 aromatic heterocycles. The molecule has 0 spiro atoms. The molecule has 0 heterocycles. The van der Waals surface area contributed by atoms with Crippen LogP contribution < -0.4 is 0 Å². The summed E-state index contributed by atoms with van der Waals surface area (Å²) in [6.07, 6.45) is 10.2. The molecule has 4 nitrogen and oxygen atoms in total. The summed E-state index contributed by atoms with van der Waals surface area (Å²) in [5.41, 5.74) is 0.613. The van der Waals surface area contributed by atoms with Crippen molar-refractivity contribution in [3.8, 4) is 0 Å². The van der Waals surface area contributed by atoms with Gasteiger partial charge in [0, 0.05) is 11.8 Å². The topological polar surface area (TPSA) is 77.8 Å². The number of carbonyl (C=O) groups excluding carboxylic acids is 1. The fraction of sp³-hybridized carbons (Fsp3) is 0.900. The van der Waals surface area contributed by atoms with E-state index in [1.54, 1.807) is 0 Å². The Morgan fingerprint density at radius 1 is 0.912 bits per heavy atom. The third kappa shape index (κ3) is 2.85. The lowest BCUT2D eigenvalue weighted by Gasteiger charge is -2.71. The SMILES string of the molecule is CC1(C)CCC2(CO)C(O)CC3(C)C(=CCC4C5(C)CCC(=O)C(C)(CO)C5CCC43C)C2C1. The fourth-order valence-corrected chi connectivity index (χ4v) is 10.5. The van der Waals surface area contributed by atoms with Gasteiger partial charge in [0.25, 0.3) is 0 Å². The highest BCUT2D eigenvalue weighted by Crippen LogP contribution is 2.75. The van der Waals surface area contributed by atoms with Gasteiger partial charge in [-0.15, -0.1) is 0 Å². The number of fused-ring (bicyclic) bond motifs is 7. The van der Waals surface area contributed by atoms with Gasteiger partial charge in [0.2, 0.25) is 0 Å². The van der Waals surface area contributed by atoms with Gasteiger partial charge in [-0.1, -0.05) is 53.2 Å². The van der Waals surface area contributed by atoms with Crippen molar-refractivity contribution in [1.82, 2.24) is 0 Å². The molecule has 192 valence electrons. The molecule has 0 amide bonds. The molecule has 0 bridgehead atoms. The number of hydrogen-bond acceptors (Lipinski definition) is 4. The molecule has 9 unspecified atom stereocenters. The lowest BCUT2D eigenvalue weighted by molar-refractivity contribution is -0.208. The van der Waals surface area contributed by atoms with E-state index < -0.39 is 16.9 Å². The maximum atomic E-state index is 13.0. The van der Waals surface area contributed by atoms with Gasteiger partial charge in [0.1, 0.15) is 5.78 Å². The van der Waals surface area contributed by atoms with E-state index in [1.807, 2.05) is 6.92 Å². The number of allylic oxidation sites excluding steroid dienone is 2. The van der Waals surface area contributed by atoms with Crippen LogP contribution in [0.3, 0.4) is 0 Å². The van der Waals surface area contributed by atoms with Gasteiger partial charge >= 0.3 is 0 Å². The van der Waals surface area contributed by atoms with E-state index in [1.165, 1.54) is 5.57 Å². The van der Waals surface area contributed by atoms with Crippen LogP contribution in [0.4, 0.5) is 0 Å². The molecule has 5 aliphatic carbocycles. The van der Waals surface area contributed by atoms with Crippen molar-refractivity contribution < 1.29 is 20.1 Å². The number of hydrogen-bond donors (Lipinski definition) is 3. The second-order valence-electron chi connectivity index (χ2n) is 14.8. The number of Topliss-reactive ketones (excluding diaryl/α,β-unsaturated/α-hetero) is 1. The molecule has 0 saturated heterocycles. The van der Waals surface area contributed by atoms with Crippen LogP contribution in [0.15, 0.2) is 11.6 Å². The quantitative estimate of drug-likeness (QED) is 0.477. The Hall–Kier alpha value is -0.710. The van der Waals surface area contributed by atoms with E-state index in [0.717, 1.165) is 51.4 Å². The van der Waals surface area contributed by atoms with Crippen molar-refractivity contribution in [2.75, 3.05) is 13.2 Å². The van der Waals surface area contributed by atoms with Crippen LogP contribution in [0.5, 0.6) is 0 Å². The van der Waals surface area contributed by atoms with Crippen LogP contribution in [0.1, 0.15) is 99.3 Å². The smallest absolute Gasteiger partial charge is 0.141 e. The van der Waals surface area contributed by atoms with Crippen molar-refractivity contribution in [2.45, 2.75) is 105 Å². The van der Waals surface area contributed by atoms with Crippen LogP contribution in [-0.2, 0) is 4.79 Å². The van der Waals surface area contributed by atoms with E-state index in [4.69, 9.17) is 0 Å². The molecule has 34 heavy (non-hydrogen) atoms. The Kier molecular flexibility index (Phi) is 5.44. The second-order valence-corrected chi connectivity index (χ2v) is 14.8. The standard InChI is InChI=1S/C30H48O4/c1-25(2)13-14-30(18-32)20(15-25)19-7-8-22-26(3)11-10-23(33)27(4,17-31)21(26)9-12-28(22,5)29(19,6)16-24(30)34/h7,20-22,24,31-32,34H,8-18H2,1-6H3. The third-order valence-corrected chi connectivity index (χ3v) is 13.1. The molecule has 0 aromatic rings. The van der Waals surface area contributed by atoms with Gasteiger partial charge in [-0.25, -0.2) is 0 Å². The maximum Gasteiger partial charge on any atom is 0.141 e. The summed E-state index contributed by atoms with van der Waals surface area (Å²) in [5.74, 6) is 1.11. The number of aliphatic hydroxyl groups excluding tert-OH is 3. The minimum absolute atomic E-state index is 0.00569. The Labute approximate surface area is 206 Å². The summed E-state index contributed by atoms with van der Waals surface area (Å²) in [6.45, 7) is 14.0. The Bertz CT molecular complexity index is 907. The summed E-state index contributed by atoms with van der Waals surface area (Å²) in [4.78, 5) is 13.0. The minimum Gasteiger partial charge on any atom is -0.396 e. The first-order valence-electron chi connectivity index (χ1n) is 13.9. The zero-order valence-electron chi connectivity index (χ0n) is 22.4. The summed E-state index contributed by atoms with van der Waals surface area (Å²) < 4.78 is 0. The van der Waals surface area contributed by atoms with E-state index in [-0.39, 0.29) is 52.5 Å². The Morgan fingerprint density at radius 2 is 1.62 bits per heavy atom. The minimum atomic E-state index is -0.634. The molecule has 5 aliphatic rings. The average molecular weight is 473 g/mol. The molecule has 3 N–H and O–H groups in total. The second kappa shape index (κ2) is 7.42. The van der Waals surface area contributed by atoms with Crippen molar-refractivity contribution in [1.29, 1.82) is 0 Å². The molecule has 0 aromatic carbocycles. The van der Waals surface area contributed by atoms with Crippen LogP contribution in [-0.4, -0.2) is 40.4 Å². The normalized spacial score (nSPS) is 54.3. The molecule has 9 atom stereocenters. The first kappa shape index (κ1) is 25.0. The molecule has 0 aliphatic heterocycles. The predicted octanol–water partition coefficient (Wildman–Crippen LogP) is 5.29. The van der Waals surface area contributed by atoms with Crippen molar-refractivity contribution >= 4 is 5.78 Å². The van der Waals surface area contributed by atoms with Gasteiger partial charge in [-0.2, -0.15) is 0 Å². The largest absolute Gasteiger partial charge is 0.396 e. The van der Waals surface area contributed by atoms with Crippen molar-refractivity contribution in [3.63, 3.8) is 0 Å². The molecular formula is C30H48O4. The summed E-state index contributed by atoms with van der Waals surface area (Å²) in [5, 5.41) is 32.7. The Morgan fingerprint density at radius 3 is 2.26 bits per heavy atom. The first-order chi connectivity index (χ1) is 15.7. The lowest BCUT2D eigenvalue weighted by Crippen LogP contribution is -2.67. The average Bonchev–Trinajstić information content (AvgIpc) is 2.77. The molecule has 5 rings (SSSR count). The van der Waals surface area contributed by atoms with Crippen LogP contribution in [0.25, 0.3) is 0 Å². The third-order valence-electron chi connectivity index (χ3n) is 13.1. The first-order valence-corrected chi connectivity index (χ1v) is 13.9. The fourth-order valence-electron chi connectivity index (χ4n) is 10.5. The predicted molar refractivity (Wildman–Crippen MR) is 134 cm³/mol. The van der Waals surface area contributed by atoms with Crippen molar-refractivity contribution in [3.05, 3.63) is 11.6 Å². The summed E-state index contributed by atoms with van der Waals surface area (Å²) in [7, 11) is 0. The highest BCUT2D eigenvalue weighted by molar-refractivity contribution is 5.86. The summed E-state index contributed by atoms with van der Waals surface area (Å²) in [6, 6.07) is 0. The van der Waals surface area contributed by atoms with Crippen LogP contribution in [0, 0.1) is 50.2 Å². The number of carbonyl (C=O) groups is 1.